The zero-order valence-electron chi connectivity index (χ0n) is 20.4. The minimum atomic E-state index is -1.03. The summed E-state index contributed by atoms with van der Waals surface area (Å²) in [6.07, 6.45) is 3.02. The molecule has 1 saturated heterocycles. The van der Waals surface area contributed by atoms with Gasteiger partial charge in [-0.3, -0.25) is 9.88 Å². The lowest BCUT2D eigenvalue weighted by Crippen LogP contribution is -2.42. The van der Waals surface area contributed by atoms with Crippen molar-refractivity contribution in [2.45, 2.75) is 31.8 Å². The number of ether oxygens (including phenoxy) is 1. The molecular formula is C28H28ClF3N2O3. The van der Waals surface area contributed by atoms with E-state index in [1.54, 1.807) is 19.2 Å². The van der Waals surface area contributed by atoms with Gasteiger partial charge in [0.05, 0.1) is 35.9 Å². The van der Waals surface area contributed by atoms with Crippen LogP contribution in [0.2, 0.25) is 5.02 Å². The largest absolute Gasteiger partial charge is 0.497 e. The van der Waals surface area contributed by atoms with Crippen molar-refractivity contribution in [3.8, 4) is 17.6 Å². The second kappa shape index (κ2) is 11.7. The predicted molar refractivity (Wildman–Crippen MR) is 136 cm³/mol. The highest BCUT2D eigenvalue weighted by Gasteiger charge is 2.34. The fourth-order valence-electron chi connectivity index (χ4n) is 4.79. The second-order valence-electron chi connectivity index (χ2n) is 9.44. The molecule has 5 nitrogen and oxygen atoms in total. The Kier molecular flexibility index (Phi) is 8.60. The average molecular weight is 533 g/mol. The van der Waals surface area contributed by atoms with Crippen molar-refractivity contribution >= 4 is 22.5 Å². The molecule has 1 aliphatic rings. The molecule has 196 valence electrons. The van der Waals surface area contributed by atoms with Gasteiger partial charge in [-0.05, 0) is 62.4 Å². The van der Waals surface area contributed by atoms with Gasteiger partial charge in [0.1, 0.15) is 23.2 Å². The number of methoxy groups -OCH3 is 1. The molecule has 0 saturated carbocycles. The number of hydrogen-bond acceptors (Lipinski definition) is 5. The summed E-state index contributed by atoms with van der Waals surface area (Å²) in [6, 6.07) is 6.63. The van der Waals surface area contributed by atoms with Crippen LogP contribution in [0.1, 0.15) is 42.9 Å². The molecule has 2 heterocycles. The number of aliphatic hydroxyl groups excluding tert-OH is 2. The molecule has 9 heteroatoms. The Balaban J connectivity index is 1.38. The lowest BCUT2D eigenvalue weighted by Gasteiger charge is -2.40. The fourth-order valence-corrected chi connectivity index (χ4v) is 5.07. The molecule has 2 aromatic carbocycles. The van der Waals surface area contributed by atoms with Crippen LogP contribution in [0.15, 0.2) is 36.5 Å². The Morgan fingerprint density at radius 2 is 1.86 bits per heavy atom. The number of halogens is 4. The minimum Gasteiger partial charge on any atom is -0.497 e. The number of likely N-dealkylation sites (tertiary alicyclic amines) is 1. The first-order valence-electron chi connectivity index (χ1n) is 12.0. The molecule has 0 spiro atoms. The van der Waals surface area contributed by atoms with E-state index < -0.39 is 29.1 Å². The highest BCUT2D eigenvalue weighted by molar-refractivity contribution is 6.32. The number of hydrogen-bond donors (Lipinski definition) is 2. The Bertz CT molecular complexity index is 1310. The smallest absolute Gasteiger partial charge is 0.144 e. The third kappa shape index (κ3) is 6.19. The summed E-state index contributed by atoms with van der Waals surface area (Å²) in [5, 5.41) is 22.4. The zero-order valence-corrected chi connectivity index (χ0v) is 21.2. The molecule has 4 rings (SSSR count). The molecular weight excluding hydrogens is 505 g/mol. The maximum Gasteiger partial charge on any atom is 0.144 e. The molecule has 1 aliphatic heterocycles. The number of pyridine rings is 1. The van der Waals surface area contributed by atoms with Gasteiger partial charge in [-0.25, -0.2) is 13.2 Å². The Labute approximate surface area is 218 Å². The number of nitrogens with zero attached hydrogens (tertiary/aromatic N) is 2. The standard InChI is InChI=1S/C28H28ClF3N2O3/c1-37-19-4-5-25-21(15-19)27(22(29)16-33-25)26(36)6-7-28(17-35)8-11-34(12-9-28)10-2-3-20-23(31)13-18(30)14-24(20)32/h4-5,13-16,26,35-36H,6-12,17H2,1H3. The van der Waals surface area contributed by atoms with Crippen LogP contribution in [0.4, 0.5) is 13.2 Å². The Morgan fingerprint density at radius 1 is 1.16 bits per heavy atom. The van der Waals surface area contributed by atoms with Crippen molar-refractivity contribution in [2.24, 2.45) is 5.41 Å². The Morgan fingerprint density at radius 3 is 2.51 bits per heavy atom. The summed E-state index contributed by atoms with van der Waals surface area (Å²) in [5.74, 6) is 2.82. The molecule has 1 atom stereocenters. The number of aromatic nitrogens is 1. The maximum absolute atomic E-state index is 13.8. The average Bonchev–Trinajstić information content (AvgIpc) is 2.89. The van der Waals surface area contributed by atoms with Gasteiger partial charge in [-0.1, -0.05) is 23.4 Å². The predicted octanol–water partition coefficient (Wildman–Crippen LogP) is 5.25. The number of piperidine rings is 1. The summed E-state index contributed by atoms with van der Waals surface area (Å²) in [4.78, 5) is 6.37. The molecule has 2 N–H and O–H groups in total. The molecule has 0 bridgehead atoms. The van der Waals surface area contributed by atoms with E-state index in [-0.39, 0.29) is 12.0 Å². The normalized spacial score (nSPS) is 16.3. The molecule has 0 amide bonds. The third-order valence-corrected chi connectivity index (χ3v) is 7.43. The van der Waals surface area contributed by atoms with Crippen molar-refractivity contribution in [1.82, 2.24) is 9.88 Å². The number of aliphatic hydroxyl groups is 2. The quantitative estimate of drug-likeness (QED) is 0.407. The molecule has 37 heavy (non-hydrogen) atoms. The number of fused-ring (bicyclic) bond motifs is 1. The SMILES string of the molecule is COc1ccc2ncc(Cl)c(C(O)CCC3(CO)CCN(CC#Cc4c(F)cc(F)cc4F)CC3)c2c1. The van der Waals surface area contributed by atoms with Crippen LogP contribution in [0.25, 0.3) is 10.9 Å². The summed E-state index contributed by atoms with van der Waals surface area (Å²) in [5.41, 5.74) is 0.474. The van der Waals surface area contributed by atoms with Crippen LogP contribution in [-0.2, 0) is 0 Å². The van der Waals surface area contributed by atoms with Crippen LogP contribution < -0.4 is 4.74 Å². The van der Waals surface area contributed by atoms with E-state index in [2.05, 4.69) is 16.8 Å². The van der Waals surface area contributed by atoms with Crippen molar-refractivity contribution in [2.75, 3.05) is 33.4 Å². The van der Waals surface area contributed by atoms with Gasteiger partial charge in [-0.15, -0.1) is 0 Å². The fraction of sp³-hybridized carbons (Fsp3) is 0.393. The topological polar surface area (TPSA) is 65.8 Å². The van der Waals surface area contributed by atoms with Crippen LogP contribution >= 0.6 is 11.6 Å². The van der Waals surface area contributed by atoms with Gasteiger partial charge in [0.25, 0.3) is 0 Å². The van der Waals surface area contributed by atoms with E-state index in [4.69, 9.17) is 16.3 Å². The van der Waals surface area contributed by atoms with Gasteiger partial charge in [-0.2, -0.15) is 0 Å². The first-order chi connectivity index (χ1) is 17.7. The molecule has 0 radical (unpaired) electrons. The lowest BCUT2D eigenvalue weighted by atomic mass is 9.74. The molecule has 1 fully saturated rings. The molecule has 3 aromatic rings. The number of benzene rings is 2. The van der Waals surface area contributed by atoms with Crippen molar-refractivity contribution in [3.05, 3.63) is 70.1 Å². The third-order valence-electron chi connectivity index (χ3n) is 7.12. The van der Waals surface area contributed by atoms with Gasteiger partial charge < -0.3 is 14.9 Å². The van der Waals surface area contributed by atoms with E-state index in [1.807, 2.05) is 11.0 Å². The highest BCUT2D eigenvalue weighted by Crippen LogP contribution is 2.40. The first-order valence-corrected chi connectivity index (χ1v) is 12.4. The maximum atomic E-state index is 13.8. The first kappa shape index (κ1) is 27.2. The van der Waals surface area contributed by atoms with Crippen LogP contribution in [0.3, 0.4) is 0 Å². The highest BCUT2D eigenvalue weighted by atomic mass is 35.5. The molecule has 0 aliphatic carbocycles. The van der Waals surface area contributed by atoms with E-state index in [1.165, 1.54) is 6.20 Å². The van der Waals surface area contributed by atoms with E-state index in [0.717, 1.165) is 5.39 Å². The van der Waals surface area contributed by atoms with Crippen molar-refractivity contribution in [1.29, 1.82) is 0 Å². The van der Waals surface area contributed by atoms with Crippen LogP contribution in [-0.4, -0.2) is 53.4 Å². The monoisotopic (exact) mass is 532 g/mol. The summed E-state index contributed by atoms with van der Waals surface area (Å²) in [6.45, 7) is 1.54. The van der Waals surface area contributed by atoms with Gasteiger partial charge >= 0.3 is 0 Å². The molecule has 1 aromatic heterocycles. The summed E-state index contributed by atoms with van der Waals surface area (Å²) in [7, 11) is 1.57. The minimum absolute atomic E-state index is 0.0239. The van der Waals surface area contributed by atoms with Gasteiger partial charge in [0.15, 0.2) is 0 Å². The summed E-state index contributed by atoms with van der Waals surface area (Å²) < 4.78 is 45.9. The van der Waals surface area contributed by atoms with Gasteiger partial charge in [0, 0.05) is 35.9 Å². The van der Waals surface area contributed by atoms with Crippen molar-refractivity contribution < 1.29 is 28.1 Å². The van der Waals surface area contributed by atoms with Crippen LogP contribution in [0.5, 0.6) is 5.75 Å². The van der Waals surface area contributed by atoms with Crippen molar-refractivity contribution in [3.63, 3.8) is 0 Å². The summed E-state index contributed by atoms with van der Waals surface area (Å²) >= 11 is 6.43. The van der Waals surface area contributed by atoms with E-state index in [9.17, 15) is 23.4 Å². The lowest BCUT2D eigenvalue weighted by molar-refractivity contribution is 0.0273. The van der Waals surface area contributed by atoms with E-state index >= 15 is 0 Å². The van der Waals surface area contributed by atoms with Crippen LogP contribution in [0, 0.1) is 34.7 Å². The number of rotatable bonds is 7. The van der Waals surface area contributed by atoms with Gasteiger partial charge in [0.2, 0.25) is 0 Å². The van der Waals surface area contributed by atoms with E-state index in [0.29, 0.717) is 79.3 Å². The molecule has 1 unspecified atom stereocenters. The Hall–Kier alpha value is -2.83. The zero-order chi connectivity index (χ0) is 26.6. The second-order valence-corrected chi connectivity index (χ2v) is 9.85.